The summed E-state index contributed by atoms with van der Waals surface area (Å²) in [5.74, 6) is 0.0866. The average Bonchev–Trinajstić information content (AvgIpc) is 3.31. The summed E-state index contributed by atoms with van der Waals surface area (Å²) >= 11 is 0. The molecule has 1 aliphatic heterocycles. The Kier molecular flexibility index (Phi) is 4.20. The number of piperazine rings is 1. The molecule has 3 heterocycles. The van der Waals surface area contributed by atoms with Gasteiger partial charge in [0.1, 0.15) is 0 Å². The second kappa shape index (κ2) is 6.67. The summed E-state index contributed by atoms with van der Waals surface area (Å²) in [6.07, 6.45) is 3.93. The fraction of sp³-hybridized carbons (Fsp3) is 0.316. The van der Waals surface area contributed by atoms with Crippen molar-refractivity contribution in [1.29, 1.82) is 0 Å². The van der Waals surface area contributed by atoms with Gasteiger partial charge in [-0.3, -0.25) is 9.59 Å². The van der Waals surface area contributed by atoms with Crippen LogP contribution in [0.2, 0.25) is 0 Å². The van der Waals surface area contributed by atoms with Crippen LogP contribution in [0.4, 0.5) is 0 Å². The van der Waals surface area contributed by atoms with Gasteiger partial charge in [0.05, 0.1) is 23.8 Å². The quantitative estimate of drug-likeness (QED) is 0.776. The Morgan fingerprint density at radius 3 is 2.62 bits per heavy atom. The number of imidazole rings is 1. The Morgan fingerprint density at radius 2 is 1.88 bits per heavy atom. The lowest BCUT2D eigenvalue weighted by Gasteiger charge is -2.34. The van der Waals surface area contributed by atoms with E-state index in [1.807, 2.05) is 57.9 Å². The van der Waals surface area contributed by atoms with Gasteiger partial charge in [-0.25, -0.2) is 4.98 Å². The molecular formula is C19H21N5O2. The van der Waals surface area contributed by atoms with Gasteiger partial charge in [-0.1, -0.05) is 0 Å². The predicted molar refractivity (Wildman–Crippen MR) is 97.7 cm³/mol. The van der Waals surface area contributed by atoms with E-state index in [1.165, 1.54) is 0 Å². The number of amides is 2. The topological polar surface area (TPSA) is 74.2 Å². The molecule has 134 valence electrons. The van der Waals surface area contributed by atoms with Crippen LogP contribution in [0.25, 0.3) is 11.0 Å². The van der Waals surface area contributed by atoms with Crippen molar-refractivity contribution in [2.45, 2.75) is 6.42 Å². The monoisotopic (exact) mass is 351 g/mol. The average molecular weight is 351 g/mol. The zero-order valence-electron chi connectivity index (χ0n) is 14.7. The van der Waals surface area contributed by atoms with Gasteiger partial charge in [-0.15, -0.1) is 0 Å². The van der Waals surface area contributed by atoms with Crippen LogP contribution in [0.1, 0.15) is 16.1 Å². The predicted octanol–water partition coefficient (Wildman–Crippen LogP) is 1.43. The van der Waals surface area contributed by atoms with Crippen molar-refractivity contribution in [3.63, 3.8) is 0 Å². The fourth-order valence-corrected chi connectivity index (χ4v) is 3.36. The van der Waals surface area contributed by atoms with Gasteiger partial charge in [0.25, 0.3) is 5.91 Å². The normalized spacial score (nSPS) is 14.8. The zero-order valence-corrected chi connectivity index (χ0v) is 14.7. The lowest BCUT2D eigenvalue weighted by atomic mass is 10.1. The van der Waals surface area contributed by atoms with Crippen LogP contribution in [0, 0.1) is 0 Å². The van der Waals surface area contributed by atoms with Crippen molar-refractivity contribution in [2.24, 2.45) is 7.05 Å². The van der Waals surface area contributed by atoms with Crippen molar-refractivity contribution in [1.82, 2.24) is 24.3 Å². The standard InChI is InChI=1S/C19H21N5O2/c1-22-13-21-16-11-14(4-5-17(16)22)19(26)24-9-7-23(8-10-24)18(25)12-15-3-2-6-20-15/h2-6,11,13,20H,7-10,12H2,1H3. The van der Waals surface area contributed by atoms with Crippen LogP contribution in [-0.2, 0) is 18.3 Å². The highest BCUT2D eigenvalue weighted by Crippen LogP contribution is 2.16. The van der Waals surface area contributed by atoms with E-state index in [0.29, 0.717) is 38.2 Å². The number of hydrogen-bond acceptors (Lipinski definition) is 3. The van der Waals surface area contributed by atoms with Gasteiger partial charge in [0, 0.05) is 50.7 Å². The number of nitrogens with zero attached hydrogens (tertiary/aromatic N) is 4. The van der Waals surface area contributed by atoms with Crippen LogP contribution in [-0.4, -0.2) is 62.3 Å². The molecule has 0 bridgehead atoms. The van der Waals surface area contributed by atoms with E-state index >= 15 is 0 Å². The number of H-pyrrole nitrogens is 1. The highest BCUT2D eigenvalue weighted by molar-refractivity contribution is 5.97. The molecule has 1 fully saturated rings. The van der Waals surface area contributed by atoms with Crippen molar-refractivity contribution in [2.75, 3.05) is 26.2 Å². The molecule has 0 radical (unpaired) electrons. The number of benzene rings is 1. The van der Waals surface area contributed by atoms with E-state index < -0.39 is 0 Å². The number of hydrogen-bond donors (Lipinski definition) is 1. The van der Waals surface area contributed by atoms with Gasteiger partial charge >= 0.3 is 0 Å². The largest absolute Gasteiger partial charge is 0.365 e. The number of carbonyl (C=O) groups excluding carboxylic acids is 2. The van der Waals surface area contributed by atoms with E-state index in [4.69, 9.17) is 0 Å². The Labute approximate surface area is 151 Å². The molecule has 1 aromatic carbocycles. The first-order chi connectivity index (χ1) is 12.6. The molecule has 0 atom stereocenters. The van der Waals surface area contributed by atoms with Gasteiger partial charge in [-0.2, -0.15) is 0 Å². The molecule has 1 N–H and O–H groups in total. The summed E-state index contributed by atoms with van der Waals surface area (Å²) in [7, 11) is 1.93. The summed E-state index contributed by atoms with van der Waals surface area (Å²) in [4.78, 5) is 36.1. The number of aromatic nitrogens is 3. The molecule has 1 saturated heterocycles. The lowest BCUT2D eigenvalue weighted by Crippen LogP contribution is -2.51. The number of carbonyl (C=O) groups is 2. The molecule has 2 amide bonds. The van der Waals surface area contributed by atoms with E-state index in [-0.39, 0.29) is 11.8 Å². The second-order valence-electron chi connectivity index (χ2n) is 6.60. The van der Waals surface area contributed by atoms with E-state index in [1.54, 1.807) is 6.33 Å². The summed E-state index contributed by atoms with van der Waals surface area (Å²) in [6, 6.07) is 9.39. The summed E-state index contributed by atoms with van der Waals surface area (Å²) in [5, 5.41) is 0. The maximum Gasteiger partial charge on any atom is 0.254 e. The number of fused-ring (bicyclic) bond motifs is 1. The molecule has 4 rings (SSSR count). The fourth-order valence-electron chi connectivity index (χ4n) is 3.36. The first-order valence-corrected chi connectivity index (χ1v) is 8.72. The third-order valence-corrected chi connectivity index (χ3v) is 4.90. The molecule has 1 aliphatic rings. The second-order valence-corrected chi connectivity index (χ2v) is 6.60. The van der Waals surface area contributed by atoms with E-state index in [0.717, 1.165) is 16.7 Å². The minimum Gasteiger partial charge on any atom is -0.365 e. The van der Waals surface area contributed by atoms with Crippen LogP contribution in [0.15, 0.2) is 42.9 Å². The minimum absolute atomic E-state index is 0.00554. The summed E-state index contributed by atoms with van der Waals surface area (Å²) < 4.78 is 1.93. The number of rotatable bonds is 3. The third kappa shape index (κ3) is 3.08. The number of aryl methyl sites for hydroxylation is 1. The third-order valence-electron chi connectivity index (χ3n) is 4.90. The van der Waals surface area contributed by atoms with Crippen molar-refractivity contribution in [3.05, 3.63) is 54.1 Å². The van der Waals surface area contributed by atoms with Crippen LogP contribution in [0.3, 0.4) is 0 Å². The summed E-state index contributed by atoms with van der Waals surface area (Å²) in [5.41, 5.74) is 3.37. The highest BCUT2D eigenvalue weighted by Gasteiger charge is 2.25. The van der Waals surface area contributed by atoms with E-state index in [2.05, 4.69) is 9.97 Å². The van der Waals surface area contributed by atoms with Gasteiger partial charge in [0.2, 0.25) is 5.91 Å². The Bertz CT molecular complexity index is 936. The van der Waals surface area contributed by atoms with Crippen LogP contribution < -0.4 is 0 Å². The zero-order chi connectivity index (χ0) is 18.1. The molecule has 3 aromatic rings. The minimum atomic E-state index is -0.00554. The van der Waals surface area contributed by atoms with Gasteiger partial charge in [-0.05, 0) is 30.3 Å². The van der Waals surface area contributed by atoms with E-state index in [9.17, 15) is 9.59 Å². The van der Waals surface area contributed by atoms with Crippen molar-refractivity contribution < 1.29 is 9.59 Å². The van der Waals surface area contributed by atoms with Crippen molar-refractivity contribution in [3.8, 4) is 0 Å². The maximum absolute atomic E-state index is 12.8. The van der Waals surface area contributed by atoms with Gasteiger partial charge in [0.15, 0.2) is 0 Å². The molecule has 0 spiro atoms. The number of nitrogens with one attached hydrogen (secondary N) is 1. The molecule has 7 nitrogen and oxygen atoms in total. The smallest absolute Gasteiger partial charge is 0.254 e. The first-order valence-electron chi connectivity index (χ1n) is 8.72. The molecule has 0 aliphatic carbocycles. The lowest BCUT2D eigenvalue weighted by molar-refractivity contribution is -0.132. The summed E-state index contributed by atoms with van der Waals surface area (Å²) in [6.45, 7) is 2.24. The SMILES string of the molecule is Cn1cnc2cc(C(=O)N3CCN(C(=O)Cc4ccc[nH]4)CC3)ccc21. The molecule has 26 heavy (non-hydrogen) atoms. The number of aromatic amines is 1. The Hall–Kier alpha value is -3.09. The van der Waals surface area contributed by atoms with Gasteiger partial charge < -0.3 is 19.4 Å². The highest BCUT2D eigenvalue weighted by atomic mass is 16.2. The molecule has 2 aromatic heterocycles. The maximum atomic E-state index is 12.8. The Balaban J connectivity index is 1.38. The first kappa shape index (κ1) is 16.4. The van der Waals surface area contributed by atoms with Crippen LogP contribution >= 0.6 is 0 Å². The molecule has 7 heteroatoms. The van der Waals surface area contributed by atoms with Crippen molar-refractivity contribution >= 4 is 22.8 Å². The van der Waals surface area contributed by atoms with Crippen LogP contribution in [0.5, 0.6) is 0 Å². The molecule has 0 unspecified atom stereocenters. The molecule has 0 saturated carbocycles. The molecular weight excluding hydrogens is 330 g/mol. The Morgan fingerprint density at radius 1 is 1.12 bits per heavy atom.